The predicted molar refractivity (Wildman–Crippen MR) is 99.8 cm³/mol. The molecule has 1 heterocycles. The number of aryl methyl sites for hydroxylation is 1. The highest BCUT2D eigenvalue weighted by atomic mass is 16.6. The molecule has 126 valence electrons. The molecule has 0 saturated carbocycles. The molecule has 0 unspecified atom stereocenters. The zero-order chi connectivity index (χ0) is 18.4. The molecular weight excluding hydrogens is 324 g/mol. The van der Waals surface area contributed by atoms with Gasteiger partial charge in [0.25, 0.3) is 0 Å². The molecule has 0 aliphatic carbocycles. The molecule has 3 aromatic rings. The maximum absolute atomic E-state index is 11.4. The molecule has 0 bridgehead atoms. The summed E-state index contributed by atoms with van der Waals surface area (Å²) in [5.41, 5.74) is 3.47. The summed E-state index contributed by atoms with van der Waals surface area (Å²) in [6.07, 6.45) is 0. The molecule has 3 aromatic carbocycles. The van der Waals surface area contributed by atoms with E-state index in [1.165, 1.54) is 5.56 Å². The van der Waals surface area contributed by atoms with E-state index in [1.54, 1.807) is 18.2 Å². The Morgan fingerprint density at radius 3 is 1.85 bits per heavy atom. The average molecular weight is 340 g/mol. The number of cyclic esters (lactones) is 2. The smallest absolute Gasteiger partial charge is 0.346 e. The van der Waals surface area contributed by atoms with Gasteiger partial charge in [-0.2, -0.15) is 0 Å². The molecule has 1 aliphatic rings. The normalized spacial score (nSPS) is 11.4. The highest BCUT2D eigenvalue weighted by molar-refractivity contribution is 6.14. The van der Waals surface area contributed by atoms with Crippen LogP contribution in [0.3, 0.4) is 0 Å². The second-order valence-electron chi connectivity index (χ2n) is 5.71. The van der Waals surface area contributed by atoms with E-state index in [-0.39, 0.29) is 5.56 Å². The van der Waals surface area contributed by atoms with Crippen molar-refractivity contribution in [2.75, 3.05) is 0 Å². The van der Waals surface area contributed by atoms with Gasteiger partial charge in [0, 0.05) is 11.1 Å². The number of esters is 2. The zero-order valence-corrected chi connectivity index (χ0v) is 14.2. The molecule has 4 rings (SSSR count). The van der Waals surface area contributed by atoms with Crippen LogP contribution < -0.4 is 0 Å². The number of hydrogen-bond acceptors (Lipinski definition) is 3. The monoisotopic (exact) mass is 340 g/mol. The predicted octanol–water partition coefficient (Wildman–Crippen LogP) is 4.39. The molecule has 0 aromatic heterocycles. The first kappa shape index (κ1) is 17.2. The molecule has 0 atom stereocenters. The first-order valence-electron chi connectivity index (χ1n) is 8.13. The number of hydrogen-bond donors (Lipinski definition) is 0. The fourth-order valence-corrected chi connectivity index (χ4v) is 2.36. The lowest BCUT2D eigenvalue weighted by Gasteiger charge is -1.93. The van der Waals surface area contributed by atoms with Crippen LogP contribution in [0.5, 0.6) is 0 Å². The number of benzene rings is 3. The van der Waals surface area contributed by atoms with Crippen molar-refractivity contribution in [1.82, 2.24) is 0 Å². The summed E-state index contributed by atoms with van der Waals surface area (Å²) < 4.78 is 4.52. The molecule has 0 saturated heterocycles. The highest BCUT2D eigenvalue weighted by Gasteiger charge is 2.29. The van der Waals surface area contributed by atoms with Gasteiger partial charge in [0.1, 0.15) is 0 Å². The quantitative estimate of drug-likeness (QED) is 0.346. The molecule has 3 heteroatoms. The average Bonchev–Trinajstić information content (AvgIpc) is 2.96. The van der Waals surface area contributed by atoms with E-state index < -0.39 is 11.9 Å². The topological polar surface area (TPSA) is 43.4 Å². The van der Waals surface area contributed by atoms with E-state index in [4.69, 9.17) is 0 Å². The third kappa shape index (κ3) is 4.25. The third-order valence-electron chi connectivity index (χ3n) is 3.71. The Balaban J connectivity index is 0.000000236. The Morgan fingerprint density at radius 1 is 0.654 bits per heavy atom. The summed E-state index contributed by atoms with van der Waals surface area (Å²) >= 11 is 0. The Labute approximate surface area is 152 Å². The van der Waals surface area contributed by atoms with Gasteiger partial charge < -0.3 is 4.74 Å². The Bertz CT molecular complexity index is 994. The van der Waals surface area contributed by atoms with E-state index in [1.807, 2.05) is 48.5 Å². The fraction of sp³-hybridized carbons (Fsp3) is 0.0435. The van der Waals surface area contributed by atoms with Crippen LogP contribution in [0.15, 0.2) is 78.9 Å². The van der Waals surface area contributed by atoms with Crippen LogP contribution in [-0.4, -0.2) is 11.9 Å². The summed E-state index contributed by atoms with van der Waals surface area (Å²) in [4.78, 5) is 22.7. The van der Waals surface area contributed by atoms with Crippen molar-refractivity contribution in [3.63, 3.8) is 0 Å². The van der Waals surface area contributed by atoms with Gasteiger partial charge in [-0.3, -0.25) is 0 Å². The van der Waals surface area contributed by atoms with Crippen LogP contribution in [0, 0.1) is 18.8 Å². The van der Waals surface area contributed by atoms with Crippen molar-refractivity contribution in [1.29, 1.82) is 0 Å². The van der Waals surface area contributed by atoms with Crippen LogP contribution >= 0.6 is 0 Å². The standard InChI is InChI=1S/C16H8O3.C7H8/c17-15-13-9-8-12(10-14(13)16(18)19-15)7-6-11-4-2-1-3-5-11;1-7-5-3-2-4-6-7/h1-5,8-10H;2-6H,1H3. The van der Waals surface area contributed by atoms with Crippen molar-refractivity contribution in [3.8, 4) is 11.8 Å². The van der Waals surface area contributed by atoms with Crippen LogP contribution in [-0.2, 0) is 4.74 Å². The molecule has 0 spiro atoms. The largest absolute Gasteiger partial charge is 0.386 e. The summed E-state index contributed by atoms with van der Waals surface area (Å²) in [5.74, 6) is 4.75. The fourth-order valence-electron chi connectivity index (χ4n) is 2.36. The van der Waals surface area contributed by atoms with Crippen LogP contribution in [0.4, 0.5) is 0 Å². The molecule has 0 fully saturated rings. The van der Waals surface area contributed by atoms with Gasteiger partial charge >= 0.3 is 11.9 Å². The Hall–Kier alpha value is -3.64. The van der Waals surface area contributed by atoms with Crippen molar-refractivity contribution in [2.45, 2.75) is 6.92 Å². The third-order valence-corrected chi connectivity index (χ3v) is 3.71. The second kappa shape index (κ2) is 7.96. The molecule has 0 radical (unpaired) electrons. The first-order valence-corrected chi connectivity index (χ1v) is 8.13. The Kier molecular flexibility index (Phi) is 5.26. The van der Waals surface area contributed by atoms with Gasteiger partial charge in [0.2, 0.25) is 0 Å². The maximum Gasteiger partial charge on any atom is 0.346 e. The summed E-state index contributed by atoms with van der Waals surface area (Å²) in [5, 5.41) is 0. The SMILES string of the molecule is Cc1ccccc1.O=C1OC(=O)c2cc(C#Cc3ccccc3)ccc21. The molecular formula is C23H16O3. The number of ether oxygens (including phenoxy) is 1. The molecule has 1 aliphatic heterocycles. The minimum atomic E-state index is -0.608. The number of carbonyl (C=O) groups excluding carboxylic acids is 2. The van der Waals surface area contributed by atoms with Crippen molar-refractivity contribution in [3.05, 3.63) is 107 Å². The second-order valence-corrected chi connectivity index (χ2v) is 5.71. The minimum absolute atomic E-state index is 0.282. The minimum Gasteiger partial charge on any atom is -0.386 e. The van der Waals surface area contributed by atoms with Crippen LogP contribution in [0.25, 0.3) is 0 Å². The lowest BCUT2D eigenvalue weighted by atomic mass is 10.1. The van der Waals surface area contributed by atoms with E-state index in [2.05, 4.69) is 35.6 Å². The number of carbonyl (C=O) groups is 2. The van der Waals surface area contributed by atoms with Gasteiger partial charge in [-0.05, 0) is 37.3 Å². The number of rotatable bonds is 0. The Morgan fingerprint density at radius 2 is 1.23 bits per heavy atom. The summed E-state index contributed by atoms with van der Waals surface area (Å²) in [6.45, 7) is 2.08. The van der Waals surface area contributed by atoms with Crippen LogP contribution in [0.1, 0.15) is 37.4 Å². The lowest BCUT2D eigenvalue weighted by Crippen LogP contribution is -1.96. The van der Waals surface area contributed by atoms with Crippen LogP contribution in [0.2, 0.25) is 0 Å². The molecule has 0 N–H and O–H groups in total. The van der Waals surface area contributed by atoms with E-state index in [0.29, 0.717) is 11.1 Å². The van der Waals surface area contributed by atoms with Gasteiger partial charge in [0.05, 0.1) is 11.1 Å². The lowest BCUT2D eigenvalue weighted by molar-refractivity contribution is 0.0444. The van der Waals surface area contributed by atoms with E-state index in [9.17, 15) is 9.59 Å². The molecule has 3 nitrogen and oxygen atoms in total. The van der Waals surface area contributed by atoms with E-state index in [0.717, 1.165) is 5.56 Å². The van der Waals surface area contributed by atoms with E-state index >= 15 is 0 Å². The first-order chi connectivity index (χ1) is 12.6. The highest BCUT2D eigenvalue weighted by Crippen LogP contribution is 2.20. The molecule has 0 amide bonds. The number of fused-ring (bicyclic) bond motifs is 1. The van der Waals surface area contributed by atoms with Gasteiger partial charge in [0.15, 0.2) is 0 Å². The summed E-state index contributed by atoms with van der Waals surface area (Å²) in [6, 6.07) is 24.6. The van der Waals surface area contributed by atoms with Crippen molar-refractivity contribution in [2.24, 2.45) is 0 Å². The van der Waals surface area contributed by atoms with Crippen molar-refractivity contribution >= 4 is 11.9 Å². The maximum atomic E-state index is 11.4. The van der Waals surface area contributed by atoms with Crippen molar-refractivity contribution < 1.29 is 14.3 Å². The molecule has 26 heavy (non-hydrogen) atoms. The van der Waals surface area contributed by atoms with Gasteiger partial charge in [-0.1, -0.05) is 65.9 Å². The zero-order valence-electron chi connectivity index (χ0n) is 14.2. The van der Waals surface area contributed by atoms with Gasteiger partial charge in [-0.15, -0.1) is 0 Å². The van der Waals surface area contributed by atoms with Gasteiger partial charge in [-0.25, -0.2) is 9.59 Å². The summed E-state index contributed by atoms with van der Waals surface area (Å²) in [7, 11) is 0.